The van der Waals surface area contributed by atoms with Gasteiger partial charge in [0.25, 0.3) is 0 Å². The van der Waals surface area contributed by atoms with E-state index in [9.17, 15) is 8.42 Å². The predicted molar refractivity (Wildman–Crippen MR) is 132 cm³/mol. The Morgan fingerprint density at radius 1 is 0.812 bits per heavy atom. The molecule has 2 heterocycles. The normalized spacial score (nSPS) is 18.4. The second-order valence-electron chi connectivity index (χ2n) is 8.65. The van der Waals surface area contributed by atoms with Crippen LogP contribution >= 0.6 is 12.4 Å². The van der Waals surface area contributed by atoms with E-state index < -0.39 is 9.84 Å². The van der Waals surface area contributed by atoms with Crippen molar-refractivity contribution in [1.29, 1.82) is 0 Å². The van der Waals surface area contributed by atoms with Crippen molar-refractivity contribution >= 4 is 38.8 Å². The van der Waals surface area contributed by atoms with Crippen molar-refractivity contribution in [1.82, 2.24) is 9.88 Å². The topological polar surface area (TPSA) is 53.5 Å². The van der Waals surface area contributed by atoms with E-state index in [0.717, 1.165) is 48.8 Å². The monoisotopic (exact) mass is 471 g/mol. The van der Waals surface area contributed by atoms with Crippen LogP contribution < -0.4 is 4.90 Å². The summed E-state index contributed by atoms with van der Waals surface area (Å²) in [4.78, 5) is 10.2. The molecule has 0 radical (unpaired) electrons. The number of benzene rings is 2. The number of para-hydroxylation sites is 1. The molecule has 2 aromatic carbocycles. The molecule has 2 fully saturated rings. The third-order valence-corrected chi connectivity index (χ3v) is 8.51. The molecule has 0 atom stereocenters. The largest absolute Gasteiger partial charge is 0.367 e. The van der Waals surface area contributed by atoms with Crippen molar-refractivity contribution in [3.05, 3.63) is 60.8 Å². The Balaban J connectivity index is 0.00000245. The van der Waals surface area contributed by atoms with Crippen molar-refractivity contribution in [2.75, 3.05) is 31.1 Å². The highest BCUT2D eigenvalue weighted by Gasteiger charge is 2.26. The lowest BCUT2D eigenvalue weighted by Crippen LogP contribution is -2.50. The van der Waals surface area contributed by atoms with Gasteiger partial charge in [-0.25, -0.2) is 8.42 Å². The molecular weight excluding hydrogens is 442 g/mol. The van der Waals surface area contributed by atoms with Gasteiger partial charge in [0, 0.05) is 43.8 Å². The zero-order chi connectivity index (χ0) is 21.3. The molecule has 0 spiro atoms. The van der Waals surface area contributed by atoms with Crippen LogP contribution in [-0.4, -0.2) is 50.5 Å². The lowest BCUT2D eigenvalue weighted by molar-refractivity contribution is 0.148. The van der Waals surface area contributed by atoms with Gasteiger partial charge < -0.3 is 4.90 Å². The summed E-state index contributed by atoms with van der Waals surface area (Å²) in [5.41, 5.74) is 1.98. The first-order valence-electron chi connectivity index (χ1n) is 11.3. The number of fused-ring (bicyclic) bond motifs is 1. The lowest BCUT2D eigenvalue weighted by atomic mass is 9.94. The fourth-order valence-electron chi connectivity index (χ4n) is 5.04. The smallest absolute Gasteiger partial charge is 0.208 e. The van der Waals surface area contributed by atoms with E-state index in [1.165, 1.54) is 38.3 Å². The lowest BCUT2D eigenvalue weighted by Gasteiger charge is -2.41. The van der Waals surface area contributed by atoms with Crippen molar-refractivity contribution in [2.24, 2.45) is 0 Å². The molecule has 32 heavy (non-hydrogen) atoms. The van der Waals surface area contributed by atoms with Crippen molar-refractivity contribution in [3.63, 3.8) is 0 Å². The van der Waals surface area contributed by atoms with E-state index in [-0.39, 0.29) is 17.3 Å². The van der Waals surface area contributed by atoms with Crippen LogP contribution in [0.4, 0.5) is 5.69 Å². The molecule has 1 saturated carbocycles. The summed E-state index contributed by atoms with van der Waals surface area (Å²) in [6.45, 7) is 4.14. The predicted octanol–water partition coefficient (Wildman–Crippen LogP) is 4.94. The third-order valence-electron chi connectivity index (χ3n) is 6.77. The summed E-state index contributed by atoms with van der Waals surface area (Å²) in [6, 6.07) is 17.1. The second-order valence-corrected chi connectivity index (χ2v) is 10.6. The Morgan fingerprint density at radius 2 is 1.53 bits per heavy atom. The van der Waals surface area contributed by atoms with E-state index >= 15 is 0 Å². The molecule has 3 aromatic rings. The van der Waals surface area contributed by atoms with E-state index in [4.69, 9.17) is 0 Å². The summed E-state index contributed by atoms with van der Waals surface area (Å²) in [7, 11) is -3.57. The molecule has 170 valence electrons. The van der Waals surface area contributed by atoms with E-state index in [1.807, 2.05) is 18.2 Å². The number of sulfone groups is 1. The minimum Gasteiger partial charge on any atom is -0.367 e. The minimum atomic E-state index is -3.57. The number of hydrogen-bond donors (Lipinski definition) is 0. The van der Waals surface area contributed by atoms with Gasteiger partial charge in [0.05, 0.1) is 21.0 Å². The molecular formula is C25H30ClN3O2S. The quantitative estimate of drug-likeness (QED) is 0.539. The van der Waals surface area contributed by atoms with Crippen LogP contribution in [0.1, 0.15) is 32.1 Å². The fourth-order valence-corrected chi connectivity index (χ4v) is 6.30. The summed E-state index contributed by atoms with van der Waals surface area (Å²) in [5, 5.41) is 0.865. The zero-order valence-electron chi connectivity index (χ0n) is 18.2. The number of hydrogen-bond acceptors (Lipinski definition) is 5. The molecule has 0 N–H and O–H groups in total. The number of anilines is 1. The summed E-state index contributed by atoms with van der Waals surface area (Å²) in [5.74, 6) is 0. The third kappa shape index (κ3) is 4.49. The van der Waals surface area contributed by atoms with Crippen LogP contribution in [0.2, 0.25) is 0 Å². The van der Waals surface area contributed by atoms with Crippen molar-refractivity contribution in [2.45, 2.75) is 47.9 Å². The molecule has 0 bridgehead atoms. The molecule has 5 rings (SSSR count). The Hall–Kier alpha value is -2.15. The van der Waals surface area contributed by atoms with E-state index in [0.29, 0.717) is 4.90 Å². The van der Waals surface area contributed by atoms with Gasteiger partial charge >= 0.3 is 0 Å². The SMILES string of the molecule is Cl.O=S(=O)(c1ccccc1)c1cnc2c(N3CCN(C4CCCCC4)CC3)cccc2c1. The maximum absolute atomic E-state index is 13.0. The Kier molecular flexibility index (Phi) is 7.03. The number of rotatable bonds is 4. The first kappa shape index (κ1) is 23.0. The van der Waals surface area contributed by atoms with Gasteiger partial charge in [-0.2, -0.15) is 0 Å². The molecule has 1 aliphatic carbocycles. The average molecular weight is 472 g/mol. The van der Waals surface area contributed by atoms with Crippen LogP contribution in [0.15, 0.2) is 70.6 Å². The van der Waals surface area contributed by atoms with Crippen molar-refractivity contribution < 1.29 is 8.42 Å². The maximum atomic E-state index is 13.0. The summed E-state index contributed by atoms with van der Waals surface area (Å²) >= 11 is 0. The number of piperazine rings is 1. The van der Waals surface area contributed by atoms with Gasteiger partial charge in [0.1, 0.15) is 0 Å². The Morgan fingerprint density at radius 3 is 2.25 bits per heavy atom. The molecule has 0 amide bonds. The van der Waals surface area contributed by atoms with Gasteiger partial charge in [-0.15, -0.1) is 12.4 Å². The van der Waals surface area contributed by atoms with Crippen LogP contribution in [0, 0.1) is 0 Å². The van der Waals surface area contributed by atoms with Crippen LogP contribution in [-0.2, 0) is 9.84 Å². The standard InChI is InChI=1S/C25H29N3O2S.ClH/c29-31(30,22-11-5-2-6-12-22)23-18-20-8-7-13-24(25(20)26-19-23)28-16-14-27(15-17-28)21-9-3-1-4-10-21;/h2,5-8,11-13,18-19,21H,1,3-4,9-10,14-17H2;1H. The van der Waals surface area contributed by atoms with Crippen LogP contribution in [0.5, 0.6) is 0 Å². The number of aromatic nitrogens is 1. The van der Waals surface area contributed by atoms with Gasteiger partial charge in [-0.1, -0.05) is 49.6 Å². The Labute approximate surface area is 196 Å². The van der Waals surface area contributed by atoms with E-state index in [1.54, 1.807) is 30.3 Å². The minimum absolute atomic E-state index is 0. The molecule has 7 heteroatoms. The van der Waals surface area contributed by atoms with E-state index in [2.05, 4.69) is 20.9 Å². The number of nitrogens with zero attached hydrogens (tertiary/aromatic N) is 3. The first-order valence-corrected chi connectivity index (χ1v) is 12.8. The Bertz CT molecular complexity index is 1160. The van der Waals surface area contributed by atoms with Gasteiger partial charge in [0.15, 0.2) is 0 Å². The summed E-state index contributed by atoms with van der Waals surface area (Å²) < 4.78 is 26.0. The second kappa shape index (κ2) is 9.77. The van der Waals surface area contributed by atoms with Crippen molar-refractivity contribution in [3.8, 4) is 0 Å². The average Bonchev–Trinajstić information content (AvgIpc) is 2.84. The number of pyridine rings is 1. The highest BCUT2D eigenvalue weighted by Crippen LogP contribution is 2.30. The van der Waals surface area contributed by atoms with Gasteiger partial charge in [-0.3, -0.25) is 9.88 Å². The molecule has 1 aromatic heterocycles. The highest BCUT2D eigenvalue weighted by molar-refractivity contribution is 7.91. The zero-order valence-corrected chi connectivity index (χ0v) is 19.8. The maximum Gasteiger partial charge on any atom is 0.208 e. The molecule has 2 aliphatic rings. The van der Waals surface area contributed by atoms with Gasteiger partial charge in [-0.05, 0) is 37.1 Å². The van der Waals surface area contributed by atoms with Crippen LogP contribution in [0.3, 0.4) is 0 Å². The highest BCUT2D eigenvalue weighted by atomic mass is 35.5. The number of halogens is 1. The molecule has 1 saturated heterocycles. The fraction of sp³-hybridized carbons (Fsp3) is 0.400. The molecule has 1 aliphatic heterocycles. The first-order chi connectivity index (χ1) is 15.1. The molecule has 0 unspecified atom stereocenters. The van der Waals surface area contributed by atoms with Crippen LogP contribution in [0.25, 0.3) is 10.9 Å². The van der Waals surface area contributed by atoms with Gasteiger partial charge in [0.2, 0.25) is 9.84 Å². The molecule has 5 nitrogen and oxygen atoms in total. The summed E-state index contributed by atoms with van der Waals surface area (Å²) in [6.07, 6.45) is 8.31.